The summed E-state index contributed by atoms with van der Waals surface area (Å²) in [7, 11) is 0. The van der Waals surface area contributed by atoms with Gasteiger partial charge in [-0.15, -0.1) is 0 Å². The average Bonchev–Trinajstić information content (AvgIpc) is 2.15. The van der Waals surface area contributed by atoms with E-state index in [4.69, 9.17) is 0 Å². The van der Waals surface area contributed by atoms with E-state index in [1.807, 2.05) is 0 Å². The van der Waals surface area contributed by atoms with Crippen molar-refractivity contribution in [2.75, 3.05) is 0 Å². The quantitative estimate of drug-likeness (QED) is 0.644. The zero-order chi connectivity index (χ0) is 7.56. The summed E-state index contributed by atoms with van der Waals surface area (Å²) in [4.78, 5) is 10.3. The Morgan fingerprint density at radius 3 is 2.80 bits per heavy atom. The van der Waals surface area contributed by atoms with Crippen LogP contribution in [0.25, 0.3) is 0 Å². The maximum Gasteiger partial charge on any atom is 0.307 e. The third-order valence-electron chi connectivity index (χ3n) is 0.979. The summed E-state index contributed by atoms with van der Waals surface area (Å²) < 4.78 is 24.2. The molecule has 0 N–H and O–H groups in total. The van der Waals surface area contributed by atoms with Gasteiger partial charge in [-0.2, -0.15) is 0 Å². The fourth-order valence-electron chi connectivity index (χ4n) is 0.575. The molecule has 0 spiro atoms. The number of nitrogens with zero attached hydrogens (tertiary/aromatic N) is 1. The zero-order valence-corrected chi connectivity index (χ0v) is 5.78. The predicted octanol–water partition coefficient (Wildman–Crippen LogP) is 1.17. The fourth-order valence-corrected chi connectivity index (χ4v) is 1.17. The van der Waals surface area contributed by atoms with Gasteiger partial charge in [0, 0.05) is 11.6 Å². The molecule has 0 aliphatic rings. The number of rotatable bonds is 2. The van der Waals surface area contributed by atoms with Crippen molar-refractivity contribution in [2.45, 2.75) is 13.0 Å². The van der Waals surface area contributed by atoms with Crippen LogP contribution in [0.1, 0.15) is 0 Å². The van der Waals surface area contributed by atoms with Gasteiger partial charge in [0.15, 0.2) is 0 Å². The molecule has 2 nitrogen and oxygen atoms in total. The van der Waals surface area contributed by atoms with Gasteiger partial charge in [0.2, 0.25) is 0 Å². The van der Waals surface area contributed by atoms with Crippen LogP contribution in [-0.2, 0) is 6.54 Å². The molecule has 0 saturated carbocycles. The van der Waals surface area contributed by atoms with Crippen molar-refractivity contribution in [1.82, 2.24) is 4.57 Å². The second kappa shape index (κ2) is 2.92. The van der Waals surface area contributed by atoms with E-state index in [1.54, 1.807) is 0 Å². The van der Waals surface area contributed by atoms with Crippen LogP contribution in [0.15, 0.2) is 16.4 Å². The first-order valence-corrected chi connectivity index (χ1v) is 3.50. The summed E-state index contributed by atoms with van der Waals surface area (Å²) in [6.45, 7) is -0.498. The Labute approximate surface area is 59.7 Å². The molecule has 1 aromatic rings. The van der Waals surface area contributed by atoms with Crippen LogP contribution in [0, 0.1) is 0 Å². The van der Waals surface area contributed by atoms with Crippen molar-refractivity contribution >= 4 is 11.3 Å². The minimum atomic E-state index is -2.45. The molecule has 0 saturated heterocycles. The number of aromatic nitrogens is 1. The Hall–Kier alpha value is -0.710. The lowest BCUT2D eigenvalue weighted by atomic mass is 10.6. The van der Waals surface area contributed by atoms with E-state index in [0.29, 0.717) is 0 Å². The summed E-state index contributed by atoms with van der Waals surface area (Å²) in [6.07, 6.45) is -1.09. The minimum absolute atomic E-state index is 0.333. The van der Waals surface area contributed by atoms with Crippen LogP contribution in [0.2, 0.25) is 0 Å². The highest BCUT2D eigenvalue weighted by atomic mass is 32.1. The molecule has 0 aromatic carbocycles. The number of halogens is 2. The fraction of sp³-hybridized carbons (Fsp3) is 0.400. The molecule has 0 aliphatic carbocycles. The van der Waals surface area contributed by atoms with Crippen molar-refractivity contribution in [1.29, 1.82) is 0 Å². The normalized spacial score (nSPS) is 10.7. The van der Waals surface area contributed by atoms with Gasteiger partial charge in [0.05, 0.1) is 6.54 Å². The minimum Gasteiger partial charge on any atom is -0.300 e. The molecule has 0 atom stereocenters. The van der Waals surface area contributed by atoms with E-state index in [9.17, 15) is 13.6 Å². The van der Waals surface area contributed by atoms with Gasteiger partial charge in [0.1, 0.15) is 0 Å². The summed E-state index contributed by atoms with van der Waals surface area (Å²) in [6, 6.07) is 0. The number of thiazole rings is 1. The second-order valence-corrected chi connectivity index (χ2v) is 2.57. The van der Waals surface area contributed by atoms with Crippen molar-refractivity contribution in [2.24, 2.45) is 0 Å². The SMILES string of the molecule is O=c1sccn1CC(F)F. The van der Waals surface area contributed by atoms with Gasteiger partial charge in [-0.25, -0.2) is 8.78 Å². The third-order valence-corrected chi connectivity index (χ3v) is 1.67. The van der Waals surface area contributed by atoms with E-state index in [-0.39, 0.29) is 4.87 Å². The Balaban J connectivity index is 2.75. The molecule has 0 amide bonds. The molecule has 56 valence electrons. The van der Waals surface area contributed by atoms with E-state index in [2.05, 4.69) is 0 Å². The van der Waals surface area contributed by atoms with Crippen molar-refractivity contribution in [3.05, 3.63) is 21.2 Å². The second-order valence-electron chi connectivity index (χ2n) is 1.71. The highest BCUT2D eigenvalue weighted by Gasteiger charge is 2.04. The van der Waals surface area contributed by atoms with Crippen LogP contribution in [0.3, 0.4) is 0 Å². The summed E-state index contributed by atoms with van der Waals surface area (Å²) in [5.41, 5.74) is 0. The van der Waals surface area contributed by atoms with Gasteiger partial charge in [-0.1, -0.05) is 11.3 Å². The molecule has 1 heterocycles. The highest BCUT2D eigenvalue weighted by Crippen LogP contribution is 1.96. The Morgan fingerprint density at radius 2 is 2.40 bits per heavy atom. The molecule has 10 heavy (non-hydrogen) atoms. The predicted molar refractivity (Wildman–Crippen MR) is 34.6 cm³/mol. The Bertz CT molecular complexity index is 254. The molecular weight excluding hydrogens is 160 g/mol. The summed E-state index contributed by atoms with van der Waals surface area (Å²) in [5.74, 6) is 0. The largest absolute Gasteiger partial charge is 0.307 e. The van der Waals surface area contributed by atoms with Crippen molar-refractivity contribution in [3.8, 4) is 0 Å². The molecular formula is C5H5F2NOS. The van der Waals surface area contributed by atoms with Gasteiger partial charge < -0.3 is 4.57 Å². The van der Waals surface area contributed by atoms with Crippen molar-refractivity contribution in [3.63, 3.8) is 0 Å². The first kappa shape index (κ1) is 7.40. The van der Waals surface area contributed by atoms with Gasteiger partial charge in [0.25, 0.3) is 6.43 Å². The van der Waals surface area contributed by atoms with Crippen LogP contribution >= 0.6 is 11.3 Å². The lowest BCUT2D eigenvalue weighted by Crippen LogP contribution is -2.16. The molecule has 5 heteroatoms. The van der Waals surface area contributed by atoms with E-state index in [1.165, 1.54) is 11.6 Å². The van der Waals surface area contributed by atoms with Gasteiger partial charge in [-0.3, -0.25) is 4.79 Å². The smallest absolute Gasteiger partial charge is 0.300 e. The Morgan fingerprint density at radius 1 is 1.70 bits per heavy atom. The lowest BCUT2D eigenvalue weighted by Gasteiger charge is -1.96. The van der Waals surface area contributed by atoms with Crippen molar-refractivity contribution < 1.29 is 8.78 Å². The van der Waals surface area contributed by atoms with Crippen LogP contribution in [0.4, 0.5) is 8.78 Å². The molecule has 1 aromatic heterocycles. The molecule has 0 unspecified atom stereocenters. The molecule has 0 fully saturated rings. The number of hydrogen-bond donors (Lipinski definition) is 0. The standard InChI is InChI=1S/C5H5F2NOS/c6-4(7)3-8-1-2-10-5(8)9/h1-2,4H,3H2. The first-order chi connectivity index (χ1) is 4.70. The summed E-state index contributed by atoms with van der Waals surface area (Å²) in [5, 5.41) is 1.49. The third kappa shape index (κ3) is 1.63. The number of alkyl halides is 2. The summed E-state index contributed by atoms with van der Waals surface area (Å²) >= 11 is 0.920. The van der Waals surface area contributed by atoms with Gasteiger partial charge in [-0.05, 0) is 0 Å². The van der Waals surface area contributed by atoms with E-state index < -0.39 is 13.0 Å². The Kier molecular flexibility index (Phi) is 2.16. The zero-order valence-electron chi connectivity index (χ0n) is 4.96. The maximum absolute atomic E-state index is 11.6. The lowest BCUT2D eigenvalue weighted by molar-refractivity contribution is 0.126. The highest BCUT2D eigenvalue weighted by molar-refractivity contribution is 7.07. The van der Waals surface area contributed by atoms with E-state index >= 15 is 0 Å². The average molecular weight is 165 g/mol. The first-order valence-electron chi connectivity index (χ1n) is 2.62. The van der Waals surface area contributed by atoms with Gasteiger partial charge >= 0.3 is 4.87 Å². The molecule has 0 radical (unpaired) electrons. The van der Waals surface area contributed by atoms with Crippen LogP contribution in [0.5, 0.6) is 0 Å². The van der Waals surface area contributed by atoms with Crippen LogP contribution in [-0.4, -0.2) is 11.0 Å². The molecule has 0 aliphatic heterocycles. The van der Waals surface area contributed by atoms with E-state index in [0.717, 1.165) is 15.9 Å². The monoisotopic (exact) mass is 165 g/mol. The maximum atomic E-state index is 11.6. The molecule has 0 bridgehead atoms. The number of hydrogen-bond acceptors (Lipinski definition) is 2. The topological polar surface area (TPSA) is 22.0 Å². The molecule has 1 rings (SSSR count). The van der Waals surface area contributed by atoms with Crippen LogP contribution < -0.4 is 4.87 Å².